The third-order valence-corrected chi connectivity index (χ3v) is 9.26. The molecule has 1 aliphatic carbocycles. The average molecular weight is 472 g/mol. The van der Waals surface area contributed by atoms with Crippen molar-refractivity contribution in [3.63, 3.8) is 0 Å². The minimum atomic E-state index is -3.45. The number of hydrogen-bond acceptors (Lipinski definition) is 5. The summed E-state index contributed by atoms with van der Waals surface area (Å²) in [6, 6.07) is 6.65. The van der Waals surface area contributed by atoms with Crippen molar-refractivity contribution in [2.24, 2.45) is 0 Å². The van der Waals surface area contributed by atoms with Crippen LogP contribution in [0.1, 0.15) is 50.5 Å². The van der Waals surface area contributed by atoms with E-state index in [1.807, 2.05) is 0 Å². The summed E-state index contributed by atoms with van der Waals surface area (Å²) in [5.74, 6) is -0.316. The van der Waals surface area contributed by atoms with Crippen LogP contribution in [0.15, 0.2) is 29.2 Å². The van der Waals surface area contributed by atoms with Gasteiger partial charge >= 0.3 is 0 Å². The second-order valence-corrected chi connectivity index (χ2v) is 12.3. The summed E-state index contributed by atoms with van der Waals surface area (Å²) in [7, 11) is -6.88. The van der Waals surface area contributed by atoms with Crippen LogP contribution >= 0.6 is 0 Å². The van der Waals surface area contributed by atoms with Crippen LogP contribution in [0.2, 0.25) is 0 Å². The Kier molecular flexibility index (Phi) is 8.12. The molecular formula is C21H33N3O5S2. The van der Waals surface area contributed by atoms with Crippen LogP contribution in [-0.2, 0) is 31.3 Å². The smallest absolute Gasteiger partial charge is 0.243 e. The SMILES string of the molecule is CS(=O)(=O)N(CC(=O)NCCc1ccc(S(=O)(=O)N2CCCC2)cc1)C1CCCCC1. The molecule has 1 saturated heterocycles. The highest BCUT2D eigenvalue weighted by Crippen LogP contribution is 2.24. The second kappa shape index (κ2) is 10.4. The first kappa shape index (κ1) is 24.2. The standard InChI is InChI=1S/C21H33N3O5S2/c1-30(26,27)24(19-7-3-2-4-8-19)17-21(25)22-14-13-18-9-11-20(12-10-18)31(28,29)23-15-5-6-16-23/h9-12,19H,2-8,13-17H2,1H3,(H,22,25). The molecule has 1 amide bonds. The van der Waals surface area contributed by atoms with E-state index < -0.39 is 20.0 Å². The Morgan fingerprint density at radius 2 is 1.61 bits per heavy atom. The minimum Gasteiger partial charge on any atom is -0.355 e. The zero-order chi connectivity index (χ0) is 22.5. The lowest BCUT2D eigenvalue weighted by molar-refractivity contribution is -0.121. The molecule has 0 aromatic heterocycles. The van der Waals surface area contributed by atoms with E-state index in [2.05, 4.69) is 5.32 Å². The van der Waals surface area contributed by atoms with Gasteiger partial charge in [-0.15, -0.1) is 0 Å². The number of benzene rings is 1. The molecule has 1 saturated carbocycles. The molecule has 1 N–H and O–H groups in total. The predicted molar refractivity (Wildman–Crippen MR) is 120 cm³/mol. The molecule has 2 aliphatic rings. The van der Waals surface area contributed by atoms with Gasteiger partial charge < -0.3 is 5.32 Å². The van der Waals surface area contributed by atoms with Crippen molar-refractivity contribution < 1.29 is 21.6 Å². The summed E-state index contributed by atoms with van der Waals surface area (Å²) in [6.07, 6.45) is 8.18. The van der Waals surface area contributed by atoms with Crippen molar-refractivity contribution in [2.75, 3.05) is 32.4 Å². The van der Waals surface area contributed by atoms with E-state index in [0.29, 0.717) is 31.0 Å². The van der Waals surface area contributed by atoms with Crippen LogP contribution in [0.3, 0.4) is 0 Å². The number of nitrogens with one attached hydrogen (secondary N) is 1. The summed E-state index contributed by atoms with van der Waals surface area (Å²) in [5, 5.41) is 2.79. The number of hydrogen-bond donors (Lipinski definition) is 1. The van der Waals surface area contributed by atoms with Gasteiger partial charge in [0.1, 0.15) is 0 Å². The van der Waals surface area contributed by atoms with Crippen molar-refractivity contribution in [2.45, 2.75) is 62.3 Å². The fourth-order valence-electron chi connectivity index (χ4n) is 4.34. The summed E-state index contributed by atoms with van der Waals surface area (Å²) in [5.41, 5.74) is 0.910. The van der Waals surface area contributed by atoms with Gasteiger partial charge in [-0.25, -0.2) is 16.8 Å². The van der Waals surface area contributed by atoms with Gasteiger partial charge in [-0.2, -0.15) is 8.61 Å². The first-order valence-corrected chi connectivity index (χ1v) is 14.3. The minimum absolute atomic E-state index is 0.0976. The van der Waals surface area contributed by atoms with Crippen LogP contribution in [-0.4, -0.2) is 69.8 Å². The Bertz CT molecular complexity index is 949. The molecular weight excluding hydrogens is 438 g/mol. The highest BCUT2D eigenvalue weighted by atomic mass is 32.2. The molecule has 1 heterocycles. The van der Waals surface area contributed by atoms with Gasteiger partial charge in [0.05, 0.1) is 17.7 Å². The number of carbonyl (C=O) groups is 1. The molecule has 10 heteroatoms. The highest BCUT2D eigenvalue weighted by Gasteiger charge is 2.30. The van der Waals surface area contributed by atoms with Crippen molar-refractivity contribution in [3.8, 4) is 0 Å². The van der Waals surface area contributed by atoms with Crippen LogP contribution in [0.25, 0.3) is 0 Å². The van der Waals surface area contributed by atoms with Crippen LogP contribution in [0.5, 0.6) is 0 Å². The lowest BCUT2D eigenvalue weighted by atomic mass is 9.95. The Hall–Kier alpha value is -1.49. The maximum absolute atomic E-state index is 12.6. The van der Waals surface area contributed by atoms with Gasteiger partial charge in [-0.05, 0) is 49.8 Å². The van der Waals surface area contributed by atoms with Gasteiger partial charge in [0.2, 0.25) is 26.0 Å². The van der Waals surface area contributed by atoms with Crippen molar-refractivity contribution in [3.05, 3.63) is 29.8 Å². The summed E-state index contributed by atoms with van der Waals surface area (Å²) in [4.78, 5) is 12.7. The average Bonchev–Trinajstić information content (AvgIpc) is 3.28. The van der Waals surface area contributed by atoms with E-state index in [0.717, 1.165) is 56.8 Å². The third kappa shape index (κ3) is 6.50. The molecule has 1 aromatic rings. The van der Waals surface area contributed by atoms with Gasteiger partial charge in [0.15, 0.2) is 0 Å². The molecule has 0 spiro atoms. The molecule has 31 heavy (non-hydrogen) atoms. The van der Waals surface area contributed by atoms with Gasteiger partial charge in [-0.3, -0.25) is 4.79 Å². The van der Waals surface area contributed by atoms with E-state index in [1.165, 1.54) is 8.61 Å². The Balaban J connectivity index is 1.50. The molecule has 0 atom stereocenters. The molecule has 1 aromatic carbocycles. The number of amides is 1. The van der Waals surface area contributed by atoms with Gasteiger partial charge in [0.25, 0.3) is 0 Å². The maximum atomic E-state index is 12.6. The van der Waals surface area contributed by atoms with Gasteiger partial charge in [0, 0.05) is 25.7 Å². The first-order valence-electron chi connectivity index (χ1n) is 11.0. The van der Waals surface area contributed by atoms with E-state index in [9.17, 15) is 21.6 Å². The van der Waals surface area contributed by atoms with Crippen molar-refractivity contribution in [1.82, 2.24) is 13.9 Å². The monoisotopic (exact) mass is 471 g/mol. The lowest BCUT2D eigenvalue weighted by Crippen LogP contribution is -2.46. The second-order valence-electron chi connectivity index (χ2n) is 8.46. The summed E-state index contributed by atoms with van der Waals surface area (Å²) < 4.78 is 52.3. The molecule has 0 bridgehead atoms. The molecule has 3 rings (SSSR count). The molecule has 0 radical (unpaired) electrons. The zero-order valence-corrected chi connectivity index (χ0v) is 19.8. The number of carbonyl (C=O) groups excluding carboxylic acids is 1. The molecule has 174 valence electrons. The maximum Gasteiger partial charge on any atom is 0.243 e. The Morgan fingerprint density at radius 1 is 1.00 bits per heavy atom. The van der Waals surface area contributed by atoms with Crippen LogP contribution in [0, 0.1) is 0 Å². The number of nitrogens with zero attached hydrogens (tertiary/aromatic N) is 2. The topological polar surface area (TPSA) is 104 Å². The zero-order valence-electron chi connectivity index (χ0n) is 18.1. The summed E-state index contributed by atoms with van der Waals surface area (Å²) >= 11 is 0. The lowest BCUT2D eigenvalue weighted by Gasteiger charge is -2.31. The van der Waals surface area contributed by atoms with Gasteiger partial charge in [-0.1, -0.05) is 31.4 Å². The van der Waals surface area contributed by atoms with E-state index >= 15 is 0 Å². The molecule has 0 unspecified atom stereocenters. The third-order valence-electron chi connectivity index (χ3n) is 6.07. The van der Waals surface area contributed by atoms with E-state index in [1.54, 1.807) is 24.3 Å². The summed E-state index contributed by atoms with van der Waals surface area (Å²) in [6.45, 7) is 1.35. The molecule has 8 nitrogen and oxygen atoms in total. The predicted octanol–water partition coefficient (Wildman–Crippen LogP) is 1.72. The van der Waals surface area contributed by atoms with Crippen molar-refractivity contribution >= 4 is 26.0 Å². The van der Waals surface area contributed by atoms with Crippen LogP contribution in [0.4, 0.5) is 0 Å². The number of rotatable bonds is 9. The van der Waals surface area contributed by atoms with Crippen molar-refractivity contribution in [1.29, 1.82) is 0 Å². The normalized spacial score (nSPS) is 19.0. The highest BCUT2D eigenvalue weighted by molar-refractivity contribution is 7.89. The Morgan fingerprint density at radius 3 is 2.19 bits per heavy atom. The fourth-order valence-corrected chi connectivity index (χ4v) is 6.96. The van der Waals surface area contributed by atoms with E-state index in [4.69, 9.17) is 0 Å². The molecule has 2 fully saturated rings. The fraction of sp³-hybridized carbons (Fsp3) is 0.667. The van der Waals surface area contributed by atoms with E-state index in [-0.39, 0.29) is 18.5 Å². The Labute approximate surface area is 186 Å². The first-order chi connectivity index (χ1) is 14.7. The molecule has 1 aliphatic heterocycles. The quantitative estimate of drug-likeness (QED) is 0.591. The largest absolute Gasteiger partial charge is 0.355 e. The number of sulfonamides is 2. The van der Waals surface area contributed by atoms with Crippen LogP contribution < -0.4 is 5.32 Å².